The molecule has 0 unspecified atom stereocenters. The van der Waals surface area contributed by atoms with Crippen molar-refractivity contribution < 1.29 is 14.5 Å². The second-order valence-electron chi connectivity index (χ2n) is 3.86. The van der Waals surface area contributed by atoms with Crippen LogP contribution in [-0.2, 0) is 0 Å². The molecule has 0 saturated carbocycles. The molecule has 0 aliphatic carbocycles. The quantitative estimate of drug-likeness (QED) is 0.478. The molecule has 1 aromatic heterocycles. The van der Waals surface area contributed by atoms with Gasteiger partial charge in [0.15, 0.2) is 6.29 Å². The third-order valence-corrected chi connectivity index (χ3v) is 2.49. The van der Waals surface area contributed by atoms with Gasteiger partial charge >= 0.3 is 0 Å². The Balaban J connectivity index is 2.28. The van der Waals surface area contributed by atoms with Crippen molar-refractivity contribution in [1.82, 2.24) is 4.98 Å². The minimum Gasteiger partial charge on any atom is -0.439 e. The lowest BCUT2D eigenvalue weighted by atomic mass is 10.2. The van der Waals surface area contributed by atoms with Crippen LogP contribution in [-0.4, -0.2) is 16.2 Å². The molecule has 0 atom stereocenters. The second kappa shape index (κ2) is 5.26. The van der Waals surface area contributed by atoms with Gasteiger partial charge in [-0.05, 0) is 24.6 Å². The molecule has 0 amide bonds. The van der Waals surface area contributed by atoms with Crippen molar-refractivity contribution in [3.63, 3.8) is 0 Å². The van der Waals surface area contributed by atoms with E-state index in [1.54, 1.807) is 19.1 Å². The zero-order chi connectivity index (χ0) is 13.8. The predicted octanol–water partition coefficient (Wildman–Crippen LogP) is 2.90. The number of rotatable bonds is 4. The Hall–Kier alpha value is -2.76. The standard InChI is InChI=1S/C13H10N2O4/c1-9-2-4-11(15(17)18)6-12(9)19-13-5-3-10(8-16)7-14-13/h2-8H,1H3. The van der Waals surface area contributed by atoms with Gasteiger partial charge in [0, 0.05) is 23.9 Å². The number of nitro benzene ring substituents is 1. The molecule has 0 bridgehead atoms. The van der Waals surface area contributed by atoms with Gasteiger partial charge in [-0.15, -0.1) is 0 Å². The van der Waals surface area contributed by atoms with E-state index < -0.39 is 4.92 Å². The summed E-state index contributed by atoms with van der Waals surface area (Å²) in [5.41, 5.74) is 1.14. The van der Waals surface area contributed by atoms with E-state index in [1.807, 2.05) is 0 Å². The highest BCUT2D eigenvalue weighted by Gasteiger charge is 2.10. The maximum Gasteiger partial charge on any atom is 0.273 e. The fourth-order valence-electron chi connectivity index (χ4n) is 1.45. The first kappa shape index (κ1) is 12.7. The summed E-state index contributed by atoms with van der Waals surface area (Å²) in [5, 5.41) is 10.7. The van der Waals surface area contributed by atoms with Crippen molar-refractivity contribution in [2.45, 2.75) is 6.92 Å². The van der Waals surface area contributed by atoms with Crippen LogP contribution in [0.5, 0.6) is 11.6 Å². The predicted molar refractivity (Wildman–Crippen MR) is 67.5 cm³/mol. The molecule has 0 N–H and O–H groups in total. The van der Waals surface area contributed by atoms with Crippen LogP contribution < -0.4 is 4.74 Å². The molecular formula is C13H10N2O4. The number of benzene rings is 1. The molecule has 0 radical (unpaired) electrons. The molecule has 0 aliphatic rings. The summed E-state index contributed by atoms with van der Waals surface area (Å²) in [6.45, 7) is 1.78. The molecule has 19 heavy (non-hydrogen) atoms. The van der Waals surface area contributed by atoms with Gasteiger partial charge in [0.2, 0.25) is 5.88 Å². The lowest BCUT2D eigenvalue weighted by Gasteiger charge is -2.07. The number of non-ortho nitro benzene ring substituents is 1. The molecular weight excluding hydrogens is 248 g/mol. The van der Waals surface area contributed by atoms with Crippen LogP contribution in [0.2, 0.25) is 0 Å². The van der Waals surface area contributed by atoms with E-state index in [0.29, 0.717) is 17.6 Å². The van der Waals surface area contributed by atoms with Crippen LogP contribution in [0.4, 0.5) is 5.69 Å². The van der Waals surface area contributed by atoms with E-state index in [4.69, 9.17) is 4.74 Å². The zero-order valence-electron chi connectivity index (χ0n) is 10.1. The second-order valence-corrected chi connectivity index (χ2v) is 3.86. The fourth-order valence-corrected chi connectivity index (χ4v) is 1.45. The molecule has 96 valence electrons. The van der Waals surface area contributed by atoms with E-state index >= 15 is 0 Å². The number of nitro groups is 1. The SMILES string of the molecule is Cc1ccc([N+](=O)[O-])cc1Oc1ccc(C=O)cn1. The summed E-state index contributed by atoms with van der Waals surface area (Å²) in [5.74, 6) is 0.634. The number of aromatic nitrogens is 1. The smallest absolute Gasteiger partial charge is 0.273 e. The summed E-state index contributed by atoms with van der Waals surface area (Å²) in [6.07, 6.45) is 2.05. The van der Waals surface area contributed by atoms with Gasteiger partial charge in [-0.1, -0.05) is 0 Å². The average molecular weight is 258 g/mol. The van der Waals surface area contributed by atoms with Crippen molar-refractivity contribution in [2.75, 3.05) is 0 Å². The van der Waals surface area contributed by atoms with E-state index in [2.05, 4.69) is 4.98 Å². The lowest BCUT2D eigenvalue weighted by molar-refractivity contribution is -0.384. The number of carbonyl (C=O) groups excluding carboxylic acids is 1. The Bertz CT molecular complexity index is 623. The Morgan fingerprint density at radius 1 is 1.32 bits per heavy atom. The van der Waals surface area contributed by atoms with Crippen LogP contribution in [0.25, 0.3) is 0 Å². The molecule has 0 fully saturated rings. The number of pyridine rings is 1. The Labute approximate surface area is 108 Å². The van der Waals surface area contributed by atoms with Crippen molar-refractivity contribution in [1.29, 1.82) is 0 Å². The number of aryl methyl sites for hydroxylation is 1. The van der Waals surface area contributed by atoms with E-state index in [-0.39, 0.29) is 11.6 Å². The van der Waals surface area contributed by atoms with Gasteiger partial charge in [-0.25, -0.2) is 4.98 Å². The average Bonchev–Trinajstić information content (AvgIpc) is 2.42. The van der Waals surface area contributed by atoms with Gasteiger partial charge in [0.25, 0.3) is 5.69 Å². The largest absolute Gasteiger partial charge is 0.439 e. The first-order valence-electron chi connectivity index (χ1n) is 5.44. The molecule has 0 saturated heterocycles. The molecule has 0 spiro atoms. The third kappa shape index (κ3) is 2.92. The molecule has 6 nitrogen and oxygen atoms in total. The lowest BCUT2D eigenvalue weighted by Crippen LogP contribution is -1.94. The summed E-state index contributed by atoms with van der Waals surface area (Å²) >= 11 is 0. The van der Waals surface area contributed by atoms with Crippen molar-refractivity contribution in [3.8, 4) is 11.6 Å². The maximum atomic E-state index is 10.7. The first-order chi connectivity index (χ1) is 9.10. The van der Waals surface area contributed by atoms with E-state index in [0.717, 1.165) is 5.56 Å². The van der Waals surface area contributed by atoms with Gasteiger partial charge in [0.1, 0.15) is 5.75 Å². The van der Waals surface area contributed by atoms with Crippen LogP contribution in [0, 0.1) is 17.0 Å². The first-order valence-corrected chi connectivity index (χ1v) is 5.44. The minimum absolute atomic E-state index is 0.0508. The van der Waals surface area contributed by atoms with Crippen LogP contribution >= 0.6 is 0 Å². The summed E-state index contributed by atoms with van der Waals surface area (Å²) in [6, 6.07) is 7.44. The highest BCUT2D eigenvalue weighted by molar-refractivity contribution is 5.74. The van der Waals surface area contributed by atoms with Gasteiger partial charge in [-0.3, -0.25) is 14.9 Å². The topological polar surface area (TPSA) is 82.3 Å². The van der Waals surface area contributed by atoms with Gasteiger partial charge in [-0.2, -0.15) is 0 Å². The Morgan fingerprint density at radius 3 is 2.68 bits per heavy atom. The Morgan fingerprint density at radius 2 is 2.11 bits per heavy atom. The third-order valence-electron chi connectivity index (χ3n) is 2.49. The van der Waals surface area contributed by atoms with Crippen LogP contribution in [0.15, 0.2) is 36.5 Å². The molecule has 1 heterocycles. The normalized spacial score (nSPS) is 9.95. The summed E-state index contributed by atoms with van der Waals surface area (Å²) < 4.78 is 5.47. The van der Waals surface area contributed by atoms with Gasteiger partial charge in [0.05, 0.1) is 11.0 Å². The van der Waals surface area contributed by atoms with Crippen molar-refractivity contribution in [3.05, 3.63) is 57.8 Å². The number of aldehydes is 1. The number of hydrogen-bond donors (Lipinski definition) is 0. The fraction of sp³-hybridized carbons (Fsp3) is 0.0769. The number of carbonyl (C=O) groups is 1. The molecule has 0 aliphatic heterocycles. The van der Waals surface area contributed by atoms with Crippen LogP contribution in [0.1, 0.15) is 15.9 Å². The molecule has 2 rings (SSSR count). The molecule has 6 heteroatoms. The monoisotopic (exact) mass is 258 g/mol. The maximum absolute atomic E-state index is 10.7. The summed E-state index contributed by atoms with van der Waals surface area (Å²) in [7, 11) is 0. The van der Waals surface area contributed by atoms with Crippen molar-refractivity contribution >= 4 is 12.0 Å². The highest BCUT2D eigenvalue weighted by Crippen LogP contribution is 2.27. The molecule has 2 aromatic rings. The highest BCUT2D eigenvalue weighted by atomic mass is 16.6. The minimum atomic E-state index is -0.491. The van der Waals surface area contributed by atoms with E-state index in [9.17, 15) is 14.9 Å². The Kier molecular flexibility index (Phi) is 3.51. The molecule has 1 aromatic carbocycles. The van der Waals surface area contributed by atoms with Gasteiger partial charge < -0.3 is 4.74 Å². The van der Waals surface area contributed by atoms with Crippen LogP contribution in [0.3, 0.4) is 0 Å². The van der Waals surface area contributed by atoms with E-state index in [1.165, 1.54) is 24.4 Å². The zero-order valence-corrected chi connectivity index (χ0v) is 10.1. The number of ether oxygens (including phenoxy) is 1. The van der Waals surface area contributed by atoms with Crippen molar-refractivity contribution in [2.24, 2.45) is 0 Å². The summed E-state index contributed by atoms with van der Waals surface area (Å²) in [4.78, 5) is 24.6. The number of hydrogen-bond acceptors (Lipinski definition) is 5. The number of nitrogens with zero attached hydrogens (tertiary/aromatic N) is 2.